The Bertz CT molecular complexity index is 1100. The van der Waals surface area contributed by atoms with E-state index in [1.54, 1.807) is 18.2 Å². The Morgan fingerprint density at radius 2 is 1.52 bits per heavy atom. The van der Waals surface area contributed by atoms with Crippen molar-refractivity contribution in [3.8, 4) is 29.0 Å². The van der Waals surface area contributed by atoms with Crippen LogP contribution in [-0.2, 0) is 6.42 Å². The molecule has 1 nitrogen and oxygen atoms in total. The van der Waals surface area contributed by atoms with E-state index in [1.807, 2.05) is 12.1 Å². The van der Waals surface area contributed by atoms with Crippen molar-refractivity contribution in [2.24, 2.45) is 0 Å². The summed E-state index contributed by atoms with van der Waals surface area (Å²) in [5.41, 5.74) is 3.32. The summed E-state index contributed by atoms with van der Waals surface area (Å²) in [7, 11) is 0. The van der Waals surface area contributed by atoms with Crippen molar-refractivity contribution in [2.45, 2.75) is 32.6 Å². The molecule has 0 bridgehead atoms. The smallest absolute Gasteiger partial charge is 0.141 e. The van der Waals surface area contributed by atoms with E-state index in [0.717, 1.165) is 12.0 Å². The monoisotopic (exact) mass is 385 g/mol. The van der Waals surface area contributed by atoms with Crippen molar-refractivity contribution in [2.75, 3.05) is 0 Å². The number of rotatable bonds is 5. The number of nitriles is 1. The van der Waals surface area contributed by atoms with E-state index in [0.29, 0.717) is 11.1 Å². The summed E-state index contributed by atoms with van der Waals surface area (Å²) in [6.45, 7) is 2.19. The largest absolute Gasteiger partial charge is 0.206 e. The molecule has 0 aliphatic rings. The lowest BCUT2D eigenvalue weighted by Crippen LogP contribution is -1.90. The molecule has 3 aromatic rings. The first-order valence-corrected chi connectivity index (χ1v) is 9.71. The second-order valence-electron chi connectivity index (χ2n) is 6.91. The Labute approximate surface area is 170 Å². The molecule has 0 unspecified atom stereocenters. The van der Waals surface area contributed by atoms with Crippen molar-refractivity contribution >= 4 is 0 Å². The predicted molar refractivity (Wildman–Crippen MR) is 112 cm³/mol. The SMILES string of the molecule is CCCCCc1ccc(C#Cc2ccc(-c3ccc(C#N)c(F)c3)c(F)c2)cc1. The van der Waals surface area contributed by atoms with Gasteiger partial charge in [0.2, 0.25) is 0 Å². The fraction of sp³-hybridized carbons (Fsp3) is 0.192. The van der Waals surface area contributed by atoms with Crippen molar-refractivity contribution in [3.63, 3.8) is 0 Å². The average molecular weight is 385 g/mol. The van der Waals surface area contributed by atoms with E-state index in [4.69, 9.17) is 5.26 Å². The van der Waals surface area contributed by atoms with Gasteiger partial charge >= 0.3 is 0 Å². The van der Waals surface area contributed by atoms with Crippen LogP contribution in [0.3, 0.4) is 0 Å². The third-order valence-electron chi connectivity index (χ3n) is 4.74. The molecule has 0 saturated heterocycles. The molecule has 0 fully saturated rings. The molecule has 0 atom stereocenters. The van der Waals surface area contributed by atoms with Crippen molar-refractivity contribution < 1.29 is 8.78 Å². The normalized spacial score (nSPS) is 10.1. The van der Waals surface area contributed by atoms with Gasteiger partial charge in [0.15, 0.2) is 0 Å². The molecule has 3 rings (SSSR count). The fourth-order valence-electron chi connectivity index (χ4n) is 3.08. The fourth-order valence-corrected chi connectivity index (χ4v) is 3.08. The molecule has 3 aromatic carbocycles. The van der Waals surface area contributed by atoms with Crippen LogP contribution in [0.1, 0.15) is 48.4 Å². The van der Waals surface area contributed by atoms with E-state index in [2.05, 4.69) is 30.9 Å². The van der Waals surface area contributed by atoms with Crippen LogP contribution >= 0.6 is 0 Å². The van der Waals surface area contributed by atoms with Gasteiger partial charge in [0.1, 0.15) is 17.7 Å². The Kier molecular flexibility index (Phi) is 6.77. The Balaban J connectivity index is 1.75. The van der Waals surface area contributed by atoms with E-state index in [1.165, 1.54) is 49.1 Å². The highest BCUT2D eigenvalue weighted by atomic mass is 19.1. The van der Waals surface area contributed by atoms with Crippen LogP contribution in [0, 0.1) is 34.8 Å². The van der Waals surface area contributed by atoms with Crippen molar-refractivity contribution in [1.29, 1.82) is 5.26 Å². The molecule has 0 aliphatic heterocycles. The summed E-state index contributed by atoms with van der Waals surface area (Å²) in [4.78, 5) is 0. The third kappa shape index (κ3) is 5.31. The highest BCUT2D eigenvalue weighted by Crippen LogP contribution is 2.25. The molecule has 0 amide bonds. The van der Waals surface area contributed by atoms with Gasteiger partial charge in [-0.1, -0.05) is 55.9 Å². The number of unbranched alkanes of at least 4 members (excludes halogenated alkanes) is 2. The molecule has 0 radical (unpaired) electrons. The van der Waals surface area contributed by atoms with Crippen LogP contribution < -0.4 is 0 Å². The van der Waals surface area contributed by atoms with Gasteiger partial charge in [-0.3, -0.25) is 0 Å². The van der Waals surface area contributed by atoms with Crippen LogP contribution in [0.15, 0.2) is 60.7 Å². The molecule has 0 N–H and O–H groups in total. The van der Waals surface area contributed by atoms with Gasteiger partial charge in [-0.2, -0.15) is 5.26 Å². The molecule has 3 heteroatoms. The van der Waals surface area contributed by atoms with Crippen LogP contribution in [0.5, 0.6) is 0 Å². The molecular formula is C26H21F2N. The Morgan fingerprint density at radius 1 is 0.793 bits per heavy atom. The lowest BCUT2D eigenvalue weighted by Gasteiger charge is -2.05. The maximum Gasteiger partial charge on any atom is 0.141 e. The van der Waals surface area contributed by atoms with Crippen LogP contribution in [0.25, 0.3) is 11.1 Å². The first-order chi connectivity index (χ1) is 14.1. The molecule has 144 valence electrons. The molecule has 0 heterocycles. The minimum absolute atomic E-state index is 0.0620. The van der Waals surface area contributed by atoms with Gasteiger partial charge in [-0.25, -0.2) is 8.78 Å². The summed E-state index contributed by atoms with van der Waals surface area (Å²) in [6, 6.07) is 18.6. The van der Waals surface area contributed by atoms with Gasteiger partial charge in [-0.15, -0.1) is 0 Å². The number of hydrogen-bond donors (Lipinski definition) is 0. The third-order valence-corrected chi connectivity index (χ3v) is 4.74. The topological polar surface area (TPSA) is 23.8 Å². The summed E-state index contributed by atoms with van der Waals surface area (Å²) in [6.07, 6.45) is 4.71. The molecule has 0 aliphatic carbocycles. The van der Waals surface area contributed by atoms with Gasteiger partial charge in [-0.05, 0) is 60.4 Å². The van der Waals surface area contributed by atoms with E-state index >= 15 is 0 Å². The average Bonchev–Trinajstić information content (AvgIpc) is 2.73. The Morgan fingerprint density at radius 3 is 2.17 bits per heavy atom. The zero-order valence-corrected chi connectivity index (χ0v) is 16.3. The van der Waals surface area contributed by atoms with Gasteiger partial charge in [0.05, 0.1) is 5.56 Å². The number of halogens is 2. The first-order valence-electron chi connectivity index (χ1n) is 9.71. The summed E-state index contributed by atoms with van der Waals surface area (Å²) >= 11 is 0. The molecule has 29 heavy (non-hydrogen) atoms. The van der Waals surface area contributed by atoms with Crippen LogP contribution in [-0.4, -0.2) is 0 Å². The number of nitrogens with zero attached hydrogens (tertiary/aromatic N) is 1. The minimum Gasteiger partial charge on any atom is -0.206 e. The molecule has 0 aromatic heterocycles. The quantitative estimate of drug-likeness (QED) is 0.357. The molecule has 0 spiro atoms. The summed E-state index contributed by atoms with van der Waals surface area (Å²) in [5, 5.41) is 8.81. The van der Waals surface area contributed by atoms with Crippen LogP contribution in [0.2, 0.25) is 0 Å². The zero-order chi connectivity index (χ0) is 20.6. The highest BCUT2D eigenvalue weighted by molar-refractivity contribution is 5.66. The van der Waals surface area contributed by atoms with Crippen molar-refractivity contribution in [3.05, 3.63) is 94.6 Å². The minimum atomic E-state index is -0.661. The molecular weight excluding hydrogens is 364 g/mol. The van der Waals surface area contributed by atoms with Gasteiger partial charge in [0.25, 0.3) is 0 Å². The maximum atomic E-state index is 14.5. The maximum absolute atomic E-state index is 14.5. The zero-order valence-electron chi connectivity index (χ0n) is 16.3. The van der Waals surface area contributed by atoms with E-state index in [9.17, 15) is 8.78 Å². The summed E-state index contributed by atoms with van der Waals surface area (Å²) in [5.74, 6) is 4.89. The Hall–Kier alpha value is -3.43. The lowest BCUT2D eigenvalue weighted by atomic mass is 10.0. The predicted octanol–water partition coefficient (Wildman–Crippen LogP) is 6.64. The standard InChI is InChI=1S/C26H21F2N/c1-2-3-4-5-19-6-8-20(9-7-19)10-11-21-12-15-24(26(28)16-21)22-13-14-23(18-29)25(27)17-22/h6-9,12-17H,2-5H2,1H3. The van der Waals surface area contributed by atoms with Crippen molar-refractivity contribution in [1.82, 2.24) is 0 Å². The van der Waals surface area contributed by atoms with E-state index in [-0.39, 0.29) is 11.1 Å². The number of hydrogen-bond acceptors (Lipinski definition) is 1. The second kappa shape index (κ2) is 9.67. The number of benzene rings is 3. The lowest BCUT2D eigenvalue weighted by molar-refractivity contribution is 0.622. The second-order valence-corrected chi connectivity index (χ2v) is 6.91. The number of aryl methyl sites for hydroxylation is 1. The van der Waals surface area contributed by atoms with Gasteiger partial charge < -0.3 is 0 Å². The highest BCUT2D eigenvalue weighted by Gasteiger charge is 2.09. The summed E-state index contributed by atoms with van der Waals surface area (Å²) < 4.78 is 28.3. The van der Waals surface area contributed by atoms with E-state index < -0.39 is 11.6 Å². The molecule has 0 saturated carbocycles. The van der Waals surface area contributed by atoms with Gasteiger partial charge in [0, 0.05) is 16.7 Å². The first kappa shape index (κ1) is 20.3. The van der Waals surface area contributed by atoms with Crippen LogP contribution in [0.4, 0.5) is 8.78 Å².